The Balaban J connectivity index is 1.94. The number of pyridine rings is 1. The van der Waals surface area contributed by atoms with E-state index in [1.807, 2.05) is 29.6 Å². The van der Waals surface area contributed by atoms with Gasteiger partial charge in [0.15, 0.2) is 0 Å². The molecule has 31 heavy (non-hydrogen) atoms. The Hall–Kier alpha value is -2.46. The van der Waals surface area contributed by atoms with Crippen LogP contribution in [0.15, 0.2) is 46.1 Å². The average molecular weight is 471 g/mol. The van der Waals surface area contributed by atoms with E-state index in [-0.39, 0.29) is 5.91 Å². The lowest BCUT2D eigenvalue weighted by Crippen LogP contribution is -2.17. The topological polar surface area (TPSA) is 104 Å². The Kier molecular flexibility index (Phi) is 6.57. The van der Waals surface area contributed by atoms with E-state index in [4.69, 9.17) is 10.7 Å². The number of hydrogen-bond acceptors (Lipinski definition) is 7. The first-order valence-electron chi connectivity index (χ1n) is 9.87. The standard InChI is InChI=1S/C22H22N4O2S3/c1-3-4-10-31(28)22-18(23)17-15(13-6-5-7-14(11-13)19(27)24-2)12-16(26-21(17)30-22)20-25-8-9-29-20/h5-9,11-12H,3-4,10,23H2,1-2H3,(H,24,27). The molecule has 0 aliphatic heterocycles. The van der Waals surface area contributed by atoms with Gasteiger partial charge in [-0.15, -0.1) is 11.3 Å². The number of amides is 1. The Bertz CT molecular complexity index is 1220. The van der Waals surface area contributed by atoms with Crippen molar-refractivity contribution in [1.29, 1.82) is 0 Å². The zero-order valence-electron chi connectivity index (χ0n) is 17.2. The Labute approximate surface area is 191 Å². The second-order valence-corrected chi connectivity index (χ2v) is 10.6. The Morgan fingerprint density at radius 2 is 2.16 bits per heavy atom. The number of rotatable bonds is 7. The number of aromatic nitrogens is 2. The first kappa shape index (κ1) is 21.8. The van der Waals surface area contributed by atoms with Crippen LogP contribution in [0, 0.1) is 0 Å². The van der Waals surface area contributed by atoms with Gasteiger partial charge in [-0.2, -0.15) is 0 Å². The monoisotopic (exact) mass is 470 g/mol. The number of nitrogen functional groups attached to an aromatic ring is 1. The van der Waals surface area contributed by atoms with Crippen LogP contribution in [-0.4, -0.2) is 33.2 Å². The molecule has 3 aromatic heterocycles. The first-order chi connectivity index (χ1) is 15.0. The van der Waals surface area contributed by atoms with Crippen molar-refractivity contribution < 1.29 is 9.35 Å². The normalized spacial score (nSPS) is 12.2. The van der Waals surface area contributed by atoms with Crippen molar-refractivity contribution in [3.05, 3.63) is 47.5 Å². The van der Waals surface area contributed by atoms with E-state index in [1.165, 1.54) is 22.7 Å². The molecule has 0 radical (unpaired) electrons. The minimum Gasteiger partial charge on any atom is -0.611 e. The Morgan fingerprint density at radius 1 is 1.32 bits per heavy atom. The summed E-state index contributed by atoms with van der Waals surface area (Å²) in [5.41, 5.74) is 10.0. The molecule has 3 N–H and O–H groups in total. The zero-order chi connectivity index (χ0) is 22.0. The van der Waals surface area contributed by atoms with Crippen molar-refractivity contribution in [3.63, 3.8) is 0 Å². The number of carbonyl (C=O) groups is 1. The van der Waals surface area contributed by atoms with E-state index in [0.29, 0.717) is 21.2 Å². The van der Waals surface area contributed by atoms with Crippen LogP contribution in [0.2, 0.25) is 0 Å². The van der Waals surface area contributed by atoms with Crippen LogP contribution in [0.4, 0.5) is 5.69 Å². The van der Waals surface area contributed by atoms with Gasteiger partial charge in [0.2, 0.25) is 4.21 Å². The molecule has 0 bridgehead atoms. The zero-order valence-corrected chi connectivity index (χ0v) is 19.6. The predicted octanol–water partition coefficient (Wildman–Crippen LogP) is 4.94. The van der Waals surface area contributed by atoms with E-state index < -0.39 is 11.2 Å². The van der Waals surface area contributed by atoms with E-state index >= 15 is 0 Å². The summed E-state index contributed by atoms with van der Waals surface area (Å²) in [6.45, 7) is 2.07. The number of hydrogen-bond donors (Lipinski definition) is 2. The Morgan fingerprint density at radius 3 is 2.87 bits per heavy atom. The number of carbonyl (C=O) groups excluding carboxylic acids is 1. The molecule has 1 aromatic carbocycles. The van der Waals surface area contributed by atoms with Crippen LogP contribution in [0.1, 0.15) is 30.1 Å². The highest BCUT2D eigenvalue weighted by Gasteiger charge is 2.25. The van der Waals surface area contributed by atoms with Crippen molar-refractivity contribution >= 4 is 55.7 Å². The molecule has 4 aromatic rings. The van der Waals surface area contributed by atoms with Crippen LogP contribution in [0.3, 0.4) is 0 Å². The quantitative estimate of drug-likeness (QED) is 0.373. The summed E-state index contributed by atoms with van der Waals surface area (Å²) in [7, 11) is 1.61. The molecule has 160 valence electrons. The minimum absolute atomic E-state index is 0.160. The number of benzene rings is 1. The number of nitrogens with zero attached hydrogens (tertiary/aromatic N) is 2. The van der Waals surface area contributed by atoms with Gasteiger partial charge in [0.05, 0.1) is 0 Å². The van der Waals surface area contributed by atoms with Gasteiger partial charge >= 0.3 is 0 Å². The third-order valence-corrected chi connectivity index (χ3v) is 8.66. The third kappa shape index (κ3) is 4.31. The fourth-order valence-corrected chi connectivity index (χ4v) is 6.69. The maximum Gasteiger partial charge on any atom is 0.251 e. The van der Waals surface area contributed by atoms with Crippen LogP contribution in [0.5, 0.6) is 0 Å². The molecule has 9 heteroatoms. The van der Waals surface area contributed by atoms with Crippen LogP contribution in [-0.2, 0) is 11.2 Å². The van der Waals surface area contributed by atoms with Crippen LogP contribution >= 0.6 is 22.7 Å². The molecule has 0 fully saturated rings. The molecule has 0 saturated heterocycles. The summed E-state index contributed by atoms with van der Waals surface area (Å²) in [5.74, 6) is 0.417. The highest BCUT2D eigenvalue weighted by Crippen LogP contribution is 2.43. The molecular weight excluding hydrogens is 448 g/mol. The number of anilines is 1. The molecule has 0 aliphatic carbocycles. The summed E-state index contributed by atoms with van der Waals surface area (Å²) >= 11 is 1.71. The highest BCUT2D eigenvalue weighted by atomic mass is 32.2. The number of unbranched alkanes of at least 4 members (excludes halogenated alkanes) is 1. The van der Waals surface area contributed by atoms with E-state index in [0.717, 1.165) is 44.9 Å². The van der Waals surface area contributed by atoms with Crippen LogP contribution < -0.4 is 11.1 Å². The molecule has 0 spiro atoms. The fourth-order valence-electron chi connectivity index (χ4n) is 3.30. The molecule has 6 nitrogen and oxygen atoms in total. The molecule has 0 aliphatic rings. The molecule has 1 amide bonds. The number of thiazole rings is 1. The number of fused-ring (bicyclic) bond motifs is 1. The lowest BCUT2D eigenvalue weighted by atomic mass is 9.99. The lowest BCUT2D eigenvalue weighted by molar-refractivity contribution is 0.0963. The fraction of sp³-hybridized carbons (Fsp3) is 0.227. The highest BCUT2D eigenvalue weighted by molar-refractivity contribution is 7.93. The van der Waals surface area contributed by atoms with Gasteiger partial charge in [-0.25, -0.2) is 9.97 Å². The molecule has 0 saturated carbocycles. The first-order valence-corrected chi connectivity index (χ1v) is 12.9. The van der Waals surface area contributed by atoms with Gasteiger partial charge in [0.25, 0.3) is 5.91 Å². The maximum atomic E-state index is 12.9. The van der Waals surface area contributed by atoms with Crippen molar-refractivity contribution in [3.8, 4) is 21.8 Å². The second kappa shape index (κ2) is 9.35. The summed E-state index contributed by atoms with van der Waals surface area (Å²) in [5, 5.41) is 6.14. The summed E-state index contributed by atoms with van der Waals surface area (Å²) < 4.78 is 13.6. The van der Waals surface area contributed by atoms with Gasteiger partial charge in [-0.3, -0.25) is 4.79 Å². The molecule has 4 rings (SSSR count). The maximum absolute atomic E-state index is 12.9. The summed E-state index contributed by atoms with van der Waals surface area (Å²) in [6.07, 6.45) is 3.59. The van der Waals surface area contributed by atoms with E-state index in [1.54, 1.807) is 19.3 Å². The largest absolute Gasteiger partial charge is 0.611 e. The van der Waals surface area contributed by atoms with Crippen molar-refractivity contribution in [2.75, 3.05) is 18.5 Å². The smallest absolute Gasteiger partial charge is 0.251 e. The van der Waals surface area contributed by atoms with E-state index in [9.17, 15) is 9.35 Å². The third-order valence-electron chi connectivity index (χ3n) is 4.87. The van der Waals surface area contributed by atoms with Crippen molar-refractivity contribution in [1.82, 2.24) is 15.3 Å². The average Bonchev–Trinajstić information content (AvgIpc) is 3.45. The van der Waals surface area contributed by atoms with Crippen LogP contribution in [0.25, 0.3) is 32.0 Å². The van der Waals surface area contributed by atoms with Gasteiger partial charge in [0.1, 0.15) is 27.0 Å². The molecular formula is C22H22N4O2S3. The van der Waals surface area contributed by atoms with Gasteiger partial charge in [-0.05, 0) is 46.9 Å². The summed E-state index contributed by atoms with van der Waals surface area (Å²) in [4.78, 5) is 22.1. The number of thiophene rings is 1. The molecule has 3 heterocycles. The number of nitrogens with one attached hydrogen (secondary N) is 1. The lowest BCUT2D eigenvalue weighted by Gasteiger charge is -2.10. The van der Waals surface area contributed by atoms with Gasteiger partial charge < -0.3 is 15.6 Å². The minimum atomic E-state index is -1.17. The number of nitrogens with two attached hydrogens (primary N) is 1. The molecule has 1 unspecified atom stereocenters. The predicted molar refractivity (Wildman–Crippen MR) is 130 cm³/mol. The SMILES string of the molecule is CCCC[S+]([O-])c1sc2nc(-c3nccs3)cc(-c3cccc(C(=O)NC)c3)c2c1N. The second-order valence-electron chi connectivity index (χ2n) is 6.94. The van der Waals surface area contributed by atoms with E-state index in [2.05, 4.69) is 17.2 Å². The van der Waals surface area contributed by atoms with Gasteiger partial charge in [0, 0.05) is 29.6 Å². The summed E-state index contributed by atoms with van der Waals surface area (Å²) in [6, 6.07) is 9.34. The van der Waals surface area contributed by atoms with Gasteiger partial charge in [-0.1, -0.05) is 36.8 Å². The molecule has 1 atom stereocenters. The van der Waals surface area contributed by atoms with Crippen molar-refractivity contribution in [2.45, 2.75) is 24.0 Å². The van der Waals surface area contributed by atoms with Crippen molar-refractivity contribution in [2.24, 2.45) is 0 Å².